The number of benzene rings is 1. The normalized spacial score (nSPS) is 10.1. The van der Waals surface area contributed by atoms with Crippen LogP contribution in [-0.2, 0) is 6.42 Å². The Morgan fingerprint density at radius 1 is 1.47 bits per heavy atom. The van der Waals surface area contributed by atoms with E-state index in [2.05, 4.69) is 13.5 Å². The van der Waals surface area contributed by atoms with Crippen molar-refractivity contribution >= 4 is 17.5 Å². The van der Waals surface area contributed by atoms with Gasteiger partial charge in [-0.25, -0.2) is 5.84 Å². The summed E-state index contributed by atoms with van der Waals surface area (Å²) in [7, 11) is 1.83. The van der Waals surface area contributed by atoms with Gasteiger partial charge in [-0.3, -0.25) is 0 Å². The largest absolute Gasteiger partial charge is 0.398 e. The predicted octanol–water partition coefficient (Wildman–Crippen LogP) is 2.17. The number of hydrazine groups is 1. The summed E-state index contributed by atoms with van der Waals surface area (Å²) in [5.74, 6) is 5.78. The molecular formula is C12H19N3. The standard InChI is InChI=1S/C12H19N3/c1-4-6-10-7-11(13)9(5-2)8-12(10)15(3)14/h5,7-8H,2,4,6,13-14H2,1,3H3. The van der Waals surface area contributed by atoms with Crippen LogP contribution in [-0.4, -0.2) is 7.05 Å². The van der Waals surface area contributed by atoms with Crippen LogP contribution < -0.4 is 16.6 Å². The van der Waals surface area contributed by atoms with Gasteiger partial charge < -0.3 is 10.7 Å². The molecule has 1 rings (SSSR count). The molecule has 0 spiro atoms. The van der Waals surface area contributed by atoms with Gasteiger partial charge in [-0.05, 0) is 29.7 Å². The molecule has 0 saturated carbocycles. The van der Waals surface area contributed by atoms with Crippen LogP contribution in [0.3, 0.4) is 0 Å². The average Bonchev–Trinajstić information content (AvgIpc) is 2.18. The van der Waals surface area contributed by atoms with Crippen LogP contribution in [0.5, 0.6) is 0 Å². The number of nitrogen functional groups attached to an aromatic ring is 1. The fourth-order valence-electron chi connectivity index (χ4n) is 1.64. The van der Waals surface area contributed by atoms with Gasteiger partial charge in [-0.1, -0.05) is 26.0 Å². The lowest BCUT2D eigenvalue weighted by molar-refractivity contribution is 0.901. The zero-order valence-corrected chi connectivity index (χ0v) is 9.46. The predicted molar refractivity (Wildman–Crippen MR) is 67.5 cm³/mol. The molecule has 0 heterocycles. The van der Waals surface area contributed by atoms with Crippen molar-refractivity contribution < 1.29 is 0 Å². The van der Waals surface area contributed by atoms with Crippen molar-refractivity contribution in [2.45, 2.75) is 19.8 Å². The first-order valence-electron chi connectivity index (χ1n) is 5.13. The number of aryl methyl sites for hydroxylation is 1. The van der Waals surface area contributed by atoms with Gasteiger partial charge in [-0.2, -0.15) is 0 Å². The summed E-state index contributed by atoms with van der Waals surface area (Å²) >= 11 is 0. The summed E-state index contributed by atoms with van der Waals surface area (Å²) in [5.41, 5.74) is 9.80. The minimum Gasteiger partial charge on any atom is -0.398 e. The molecule has 0 aliphatic rings. The van der Waals surface area contributed by atoms with E-state index >= 15 is 0 Å². The molecule has 1 aromatic carbocycles. The molecule has 1 aromatic rings. The van der Waals surface area contributed by atoms with E-state index in [1.165, 1.54) is 5.56 Å². The molecule has 0 saturated heterocycles. The zero-order chi connectivity index (χ0) is 11.4. The van der Waals surface area contributed by atoms with Gasteiger partial charge in [0.05, 0.1) is 5.69 Å². The van der Waals surface area contributed by atoms with Crippen LogP contribution in [0.2, 0.25) is 0 Å². The Morgan fingerprint density at radius 3 is 2.60 bits per heavy atom. The summed E-state index contributed by atoms with van der Waals surface area (Å²) in [4.78, 5) is 0. The van der Waals surface area contributed by atoms with E-state index in [-0.39, 0.29) is 0 Å². The van der Waals surface area contributed by atoms with Crippen LogP contribution in [0.15, 0.2) is 18.7 Å². The highest BCUT2D eigenvalue weighted by Crippen LogP contribution is 2.26. The molecule has 82 valence electrons. The molecule has 0 atom stereocenters. The van der Waals surface area contributed by atoms with Crippen LogP contribution in [0.4, 0.5) is 11.4 Å². The van der Waals surface area contributed by atoms with Gasteiger partial charge in [0.2, 0.25) is 0 Å². The number of hydrogen-bond donors (Lipinski definition) is 2. The van der Waals surface area contributed by atoms with Crippen molar-refractivity contribution in [3.8, 4) is 0 Å². The topological polar surface area (TPSA) is 55.3 Å². The minimum atomic E-state index is 0.763. The van der Waals surface area contributed by atoms with E-state index in [1.807, 2.05) is 19.2 Å². The van der Waals surface area contributed by atoms with E-state index in [1.54, 1.807) is 11.1 Å². The molecule has 0 aliphatic carbocycles. The first kappa shape index (κ1) is 11.6. The quantitative estimate of drug-likeness (QED) is 0.450. The monoisotopic (exact) mass is 205 g/mol. The second-order valence-electron chi connectivity index (χ2n) is 3.67. The van der Waals surface area contributed by atoms with Crippen LogP contribution in [0, 0.1) is 0 Å². The maximum absolute atomic E-state index is 5.90. The Bertz CT molecular complexity index is 356. The van der Waals surface area contributed by atoms with Crippen LogP contribution in [0.1, 0.15) is 24.5 Å². The highest BCUT2D eigenvalue weighted by molar-refractivity contribution is 5.71. The zero-order valence-electron chi connectivity index (χ0n) is 9.46. The first-order chi connectivity index (χ1) is 7.10. The molecule has 3 heteroatoms. The fraction of sp³-hybridized carbons (Fsp3) is 0.333. The van der Waals surface area contributed by atoms with Crippen molar-refractivity contribution in [2.75, 3.05) is 17.8 Å². The fourth-order valence-corrected chi connectivity index (χ4v) is 1.64. The molecule has 0 aliphatic heterocycles. The second kappa shape index (κ2) is 4.84. The number of nitrogens with zero attached hydrogens (tertiary/aromatic N) is 1. The summed E-state index contributed by atoms with van der Waals surface area (Å²) in [6.07, 6.45) is 3.81. The summed E-state index contributed by atoms with van der Waals surface area (Å²) in [6, 6.07) is 3.96. The second-order valence-corrected chi connectivity index (χ2v) is 3.67. The third-order valence-corrected chi connectivity index (χ3v) is 2.40. The van der Waals surface area contributed by atoms with E-state index in [9.17, 15) is 0 Å². The number of hydrogen-bond acceptors (Lipinski definition) is 3. The van der Waals surface area contributed by atoms with Gasteiger partial charge >= 0.3 is 0 Å². The van der Waals surface area contributed by atoms with Crippen molar-refractivity contribution in [3.63, 3.8) is 0 Å². The number of nitrogens with two attached hydrogens (primary N) is 2. The highest BCUT2D eigenvalue weighted by Gasteiger charge is 2.07. The van der Waals surface area contributed by atoms with Gasteiger partial charge in [0.25, 0.3) is 0 Å². The lowest BCUT2D eigenvalue weighted by Gasteiger charge is -2.18. The molecule has 0 fully saturated rings. The molecule has 4 N–H and O–H groups in total. The number of anilines is 2. The first-order valence-corrected chi connectivity index (χ1v) is 5.13. The Labute approximate surface area is 91.3 Å². The minimum absolute atomic E-state index is 0.763. The Morgan fingerprint density at radius 2 is 2.13 bits per heavy atom. The van der Waals surface area contributed by atoms with Gasteiger partial charge in [0.1, 0.15) is 0 Å². The maximum Gasteiger partial charge on any atom is 0.0553 e. The Kier molecular flexibility index (Phi) is 3.74. The molecule has 15 heavy (non-hydrogen) atoms. The van der Waals surface area contributed by atoms with Crippen LogP contribution >= 0.6 is 0 Å². The molecule has 0 bridgehead atoms. The third-order valence-electron chi connectivity index (χ3n) is 2.40. The van der Waals surface area contributed by atoms with E-state index in [0.29, 0.717) is 0 Å². The molecule has 0 radical (unpaired) electrons. The average molecular weight is 205 g/mol. The van der Waals surface area contributed by atoms with Gasteiger partial charge in [0.15, 0.2) is 0 Å². The van der Waals surface area contributed by atoms with Crippen molar-refractivity contribution in [1.82, 2.24) is 0 Å². The van der Waals surface area contributed by atoms with Gasteiger partial charge in [0, 0.05) is 12.7 Å². The summed E-state index contributed by atoms with van der Waals surface area (Å²) in [6.45, 7) is 5.87. The Hall–Kier alpha value is -1.48. The summed E-state index contributed by atoms with van der Waals surface area (Å²) in [5, 5.41) is 1.62. The highest BCUT2D eigenvalue weighted by atomic mass is 15.4. The van der Waals surface area contributed by atoms with Crippen molar-refractivity contribution in [2.24, 2.45) is 5.84 Å². The maximum atomic E-state index is 5.90. The van der Waals surface area contributed by atoms with Crippen LogP contribution in [0.25, 0.3) is 6.08 Å². The molecule has 0 aromatic heterocycles. The Balaban J connectivity index is 3.25. The van der Waals surface area contributed by atoms with Crippen molar-refractivity contribution in [1.29, 1.82) is 0 Å². The summed E-state index contributed by atoms with van der Waals surface area (Å²) < 4.78 is 0. The smallest absolute Gasteiger partial charge is 0.0553 e. The number of rotatable bonds is 4. The van der Waals surface area contributed by atoms with Gasteiger partial charge in [-0.15, -0.1) is 0 Å². The molecule has 0 amide bonds. The van der Waals surface area contributed by atoms with E-state index in [4.69, 9.17) is 11.6 Å². The van der Waals surface area contributed by atoms with E-state index in [0.717, 1.165) is 29.8 Å². The lowest BCUT2D eigenvalue weighted by Crippen LogP contribution is -2.26. The molecule has 3 nitrogen and oxygen atoms in total. The van der Waals surface area contributed by atoms with Crippen molar-refractivity contribution in [3.05, 3.63) is 29.8 Å². The third kappa shape index (κ3) is 2.50. The van der Waals surface area contributed by atoms with E-state index < -0.39 is 0 Å². The molecule has 0 unspecified atom stereocenters. The lowest BCUT2D eigenvalue weighted by atomic mass is 10.0. The SMILES string of the molecule is C=Cc1cc(N(C)N)c(CCC)cc1N. The molecular weight excluding hydrogens is 186 g/mol.